The van der Waals surface area contributed by atoms with Gasteiger partial charge in [0.1, 0.15) is 0 Å². The van der Waals surface area contributed by atoms with Crippen molar-refractivity contribution in [2.45, 2.75) is 33.1 Å². The van der Waals surface area contributed by atoms with E-state index in [2.05, 4.69) is 13.2 Å². The third-order valence-electron chi connectivity index (χ3n) is 2.24. The first kappa shape index (κ1) is 11.9. The lowest BCUT2D eigenvalue weighted by atomic mass is 9.85. The molecule has 1 atom stereocenters. The van der Waals surface area contributed by atoms with Crippen molar-refractivity contribution in [3.8, 4) is 0 Å². The van der Waals surface area contributed by atoms with E-state index in [4.69, 9.17) is 5.11 Å². The summed E-state index contributed by atoms with van der Waals surface area (Å²) in [5.41, 5.74) is 0.312. The second-order valence-corrected chi connectivity index (χ2v) is 3.74. The molecule has 74 valence electrons. The fraction of sp³-hybridized carbons (Fsp3) is 0.545. The number of carboxylic acids is 1. The van der Waals surface area contributed by atoms with Crippen LogP contribution in [-0.4, -0.2) is 11.1 Å². The average Bonchev–Trinajstić information content (AvgIpc) is 2.03. The van der Waals surface area contributed by atoms with Gasteiger partial charge in [-0.2, -0.15) is 0 Å². The Labute approximate surface area is 80.0 Å². The number of carbonyl (C=O) groups is 1. The maximum Gasteiger partial charge on any atom is 0.313 e. The second-order valence-electron chi connectivity index (χ2n) is 3.74. The second kappa shape index (κ2) is 4.85. The fourth-order valence-corrected chi connectivity index (χ4v) is 1.05. The molecule has 0 heterocycles. The highest BCUT2D eigenvalue weighted by Crippen LogP contribution is 2.26. The monoisotopic (exact) mass is 182 g/mol. The predicted octanol–water partition coefficient (Wildman–Crippen LogP) is 3.01. The van der Waals surface area contributed by atoms with Crippen LogP contribution in [0.1, 0.15) is 33.1 Å². The summed E-state index contributed by atoms with van der Waals surface area (Å²) in [6.45, 7) is 11.0. The Kier molecular flexibility index (Phi) is 4.46. The first-order chi connectivity index (χ1) is 5.92. The van der Waals surface area contributed by atoms with Crippen molar-refractivity contribution in [3.63, 3.8) is 0 Å². The molecule has 2 heteroatoms. The maximum absolute atomic E-state index is 10.8. The molecule has 0 aromatic heterocycles. The summed E-state index contributed by atoms with van der Waals surface area (Å²) in [7, 11) is 0. The minimum Gasteiger partial charge on any atom is -0.481 e. The molecular weight excluding hydrogens is 164 g/mol. The minimum absolute atomic E-state index is 0.624. The molecule has 13 heavy (non-hydrogen) atoms. The molecule has 0 amide bonds. The summed E-state index contributed by atoms with van der Waals surface area (Å²) in [6, 6.07) is 0. The molecule has 0 saturated heterocycles. The molecule has 2 nitrogen and oxygen atoms in total. The highest BCUT2D eigenvalue weighted by atomic mass is 16.4. The molecule has 1 N–H and O–H groups in total. The van der Waals surface area contributed by atoms with Crippen molar-refractivity contribution >= 4 is 5.97 Å². The van der Waals surface area contributed by atoms with E-state index in [1.165, 1.54) is 6.08 Å². The van der Waals surface area contributed by atoms with Gasteiger partial charge in [0.25, 0.3) is 0 Å². The first-order valence-electron chi connectivity index (χ1n) is 4.44. The molecule has 0 aliphatic rings. The van der Waals surface area contributed by atoms with E-state index >= 15 is 0 Å². The number of rotatable bonds is 6. The fourth-order valence-electron chi connectivity index (χ4n) is 1.05. The molecule has 0 aromatic rings. The Bertz CT molecular complexity index is 218. The van der Waals surface area contributed by atoms with Crippen LogP contribution in [0, 0.1) is 5.41 Å². The SMILES string of the molecule is C=C[C@](C)(CCCC(=C)C)C(=O)O. The standard InChI is InChI=1S/C11H18O2/c1-5-11(4,10(12)13)8-6-7-9(2)3/h5H,1-2,6-8H2,3-4H3,(H,12,13)/t11-/m1/s1. The molecule has 0 rings (SSSR count). The van der Waals surface area contributed by atoms with Crippen LogP contribution < -0.4 is 0 Å². The van der Waals surface area contributed by atoms with Crippen molar-refractivity contribution < 1.29 is 9.90 Å². The van der Waals surface area contributed by atoms with Crippen LogP contribution in [0.4, 0.5) is 0 Å². The molecular formula is C11H18O2. The van der Waals surface area contributed by atoms with Gasteiger partial charge in [0, 0.05) is 0 Å². The normalized spacial score (nSPS) is 14.6. The Hall–Kier alpha value is -1.05. The summed E-state index contributed by atoms with van der Waals surface area (Å²) >= 11 is 0. The Morgan fingerprint density at radius 1 is 1.62 bits per heavy atom. The van der Waals surface area contributed by atoms with Crippen molar-refractivity contribution in [2.75, 3.05) is 0 Å². The van der Waals surface area contributed by atoms with E-state index in [-0.39, 0.29) is 0 Å². The summed E-state index contributed by atoms with van der Waals surface area (Å²) in [6.07, 6.45) is 3.87. The molecule has 0 aliphatic heterocycles. The van der Waals surface area contributed by atoms with Gasteiger partial charge in [0.15, 0.2) is 0 Å². The van der Waals surface area contributed by atoms with E-state index in [9.17, 15) is 4.79 Å². The molecule has 0 bridgehead atoms. The van der Waals surface area contributed by atoms with E-state index in [1.54, 1.807) is 6.92 Å². The van der Waals surface area contributed by atoms with Gasteiger partial charge >= 0.3 is 5.97 Å². The third-order valence-corrected chi connectivity index (χ3v) is 2.24. The minimum atomic E-state index is -0.802. The summed E-state index contributed by atoms with van der Waals surface area (Å²) in [4.78, 5) is 10.8. The Morgan fingerprint density at radius 3 is 2.46 bits per heavy atom. The highest BCUT2D eigenvalue weighted by Gasteiger charge is 2.28. The van der Waals surface area contributed by atoms with Gasteiger partial charge < -0.3 is 5.11 Å². The van der Waals surface area contributed by atoms with Gasteiger partial charge in [-0.05, 0) is 33.1 Å². The summed E-state index contributed by atoms with van der Waals surface area (Å²) < 4.78 is 0. The van der Waals surface area contributed by atoms with Gasteiger partial charge in [0.05, 0.1) is 5.41 Å². The zero-order chi connectivity index (χ0) is 10.5. The van der Waals surface area contributed by atoms with Crippen LogP contribution in [-0.2, 0) is 4.79 Å². The quantitative estimate of drug-likeness (QED) is 0.641. The lowest BCUT2D eigenvalue weighted by molar-refractivity contribution is -0.145. The molecule has 0 aliphatic carbocycles. The van der Waals surface area contributed by atoms with E-state index < -0.39 is 11.4 Å². The van der Waals surface area contributed by atoms with Crippen molar-refractivity contribution in [3.05, 3.63) is 24.8 Å². The molecule has 0 aromatic carbocycles. The maximum atomic E-state index is 10.8. The average molecular weight is 182 g/mol. The van der Waals surface area contributed by atoms with Crippen LogP contribution in [0.5, 0.6) is 0 Å². The number of aliphatic carboxylic acids is 1. The van der Waals surface area contributed by atoms with Gasteiger partial charge in [-0.3, -0.25) is 4.79 Å². The van der Waals surface area contributed by atoms with Gasteiger partial charge in [-0.15, -0.1) is 13.2 Å². The van der Waals surface area contributed by atoms with Gasteiger partial charge in [0.2, 0.25) is 0 Å². The summed E-state index contributed by atoms with van der Waals surface area (Å²) in [5.74, 6) is -0.802. The van der Waals surface area contributed by atoms with Crippen molar-refractivity contribution in [1.82, 2.24) is 0 Å². The lowest BCUT2D eigenvalue weighted by Crippen LogP contribution is -2.24. The zero-order valence-electron chi connectivity index (χ0n) is 8.47. The van der Waals surface area contributed by atoms with Gasteiger partial charge in [-0.25, -0.2) is 0 Å². The first-order valence-corrected chi connectivity index (χ1v) is 4.44. The number of hydrogen-bond donors (Lipinski definition) is 1. The van der Waals surface area contributed by atoms with E-state index in [0.29, 0.717) is 6.42 Å². The van der Waals surface area contributed by atoms with Crippen LogP contribution in [0.3, 0.4) is 0 Å². The van der Waals surface area contributed by atoms with Crippen LogP contribution in [0.2, 0.25) is 0 Å². The Morgan fingerprint density at radius 2 is 2.15 bits per heavy atom. The van der Waals surface area contributed by atoms with Crippen LogP contribution in [0.15, 0.2) is 24.8 Å². The van der Waals surface area contributed by atoms with E-state index in [0.717, 1.165) is 18.4 Å². The number of hydrogen-bond acceptors (Lipinski definition) is 1. The predicted molar refractivity (Wildman–Crippen MR) is 54.6 cm³/mol. The third kappa shape index (κ3) is 3.92. The largest absolute Gasteiger partial charge is 0.481 e. The van der Waals surface area contributed by atoms with Crippen LogP contribution >= 0.6 is 0 Å². The Balaban J connectivity index is 4.06. The molecule has 0 radical (unpaired) electrons. The van der Waals surface area contributed by atoms with Crippen molar-refractivity contribution in [2.24, 2.45) is 5.41 Å². The molecule has 0 saturated carbocycles. The number of carboxylic acid groups (broad SMARTS) is 1. The van der Waals surface area contributed by atoms with Crippen LogP contribution in [0.25, 0.3) is 0 Å². The number of allylic oxidation sites excluding steroid dienone is 1. The highest BCUT2D eigenvalue weighted by molar-refractivity contribution is 5.76. The zero-order valence-corrected chi connectivity index (χ0v) is 8.47. The summed E-state index contributed by atoms with van der Waals surface area (Å²) in [5, 5.41) is 8.90. The van der Waals surface area contributed by atoms with Gasteiger partial charge in [-0.1, -0.05) is 11.6 Å². The topological polar surface area (TPSA) is 37.3 Å². The molecule has 0 spiro atoms. The van der Waals surface area contributed by atoms with Crippen molar-refractivity contribution in [1.29, 1.82) is 0 Å². The van der Waals surface area contributed by atoms with E-state index in [1.807, 2.05) is 6.92 Å². The lowest BCUT2D eigenvalue weighted by Gasteiger charge is -2.19. The molecule has 0 unspecified atom stereocenters. The molecule has 0 fully saturated rings. The smallest absolute Gasteiger partial charge is 0.313 e.